The summed E-state index contributed by atoms with van der Waals surface area (Å²) < 4.78 is 54.9. The largest absolute Gasteiger partial charge is 0.438 e. The molecule has 1 amide bonds. The highest BCUT2D eigenvalue weighted by Crippen LogP contribution is 2.23. The Morgan fingerprint density at radius 3 is 2.45 bits per heavy atom. The van der Waals surface area contributed by atoms with Crippen molar-refractivity contribution in [3.8, 4) is 0 Å². The van der Waals surface area contributed by atoms with Crippen LogP contribution < -0.4 is 10.5 Å². The van der Waals surface area contributed by atoms with Crippen LogP contribution in [0, 0.1) is 0 Å². The Hall–Kier alpha value is -2.21. The van der Waals surface area contributed by atoms with Crippen molar-refractivity contribution in [3.63, 3.8) is 0 Å². The summed E-state index contributed by atoms with van der Waals surface area (Å²) in [5, 5.41) is 7.52. The van der Waals surface area contributed by atoms with E-state index < -0.39 is 32.0 Å². The van der Waals surface area contributed by atoms with Gasteiger partial charge in [0.25, 0.3) is 15.9 Å². The first-order valence-corrected chi connectivity index (χ1v) is 12.1. The van der Waals surface area contributed by atoms with Crippen molar-refractivity contribution in [3.05, 3.63) is 47.7 Å². The molecule has 3 N–H and O–H groups in total. The third-order valence-corrected chi connectivity index (χ3v) is 7.43. The molecular formula is C18H23N3O6S2. The Morgan fingerprint density at radius 1 is 1.10 bits per heavy atom. The van der Waals surface area contributed by atoms with Gasteiger partial charge in [-0.2, -0.15) is 4.31 Å². The number of rotatable bonds is 6. The number of nitrogens with one attached hydrogen (secondary N) is 1. The van der Waals surface area contributed by atoms with E-state index in [0.29, 0.717) is 18.7 Å². The Balaban J connectivity index is 1.73. The van der Waals surface area contributed by atoms with Gasteiger partial charge in [0, 0.05) is 13.1 Å². The minimum Gasteiger partial charge on any atom is -0.438 e. The van der Waals surface area contributed by atoms with E-state index in [0.717, 1.165) is 19.3 Å². The van der Waals surface area contributed by atoms with Crippen LogP contribution in [0.15, 0.2) is 50.8 Å². The first kappa shape index (κ1) is 21.5. The van der Waals surface area contributed by atoms with Crippen molar-refractivity contribution in [1.29, 1.82) is 0 Å². The normalized spacial score (nSPS) is 17.0. The number of hydrogen-bond acceptors (Lipinski definition) is 6. The SMILES string of the molecule is CC(NC(=O)c1ccc(S(=O)(=O)N2CCCCC2)o1)c1cccc(S(N)(=O)=O)c1. The highest BCUT2D eigenvalue weighted by molar-refractivity contribution is 7.89. The van der Waals surface area contributed by atoms with Gasteiger partial charge in [-0.25, -0.2) is 22.0 Å². The lowest BCUT2D eigenvalue weighted by molar-refractivity contribution is 0.0906. The number of sulfonamides is 2. The van der Waals surface area contributed by atoms with Crippen LogP contribution in [0.4, 0.5) is 0 Å². The van der Waals surface area contributed by atoms with Crippen molar-refractivity contribution in [2.45, 2.75) is 42.2 Å². The molecular weight excluding hydrogens is 418 g/mol. The summed E-state index contributed by atoms with van der Waals surface area (Å²) in [5.41, 5.74) is 0.526. The fraction of sp³-hybridized carbons (Fsp3) is 0.389. The molecule has 2 aromatic rings. The van der Waals surface area contributed by atoms with Crippen LogP contribution in [0.5, 0.6) is 0 Å². The molecule has 1 saturated heterocycles. The molecule has 0 radical (unpaired) electrons. The van der Waals surface area contributed by atoms with E-state index in [1.165, 1.54) is 34.6 Å². The standard InChI is InChI=1S/C18H23N3O6S2/c1-13(14-6-5-7-15(12-14)28(19,23)24)20-18(22)16-8-9-17(27-16)29(25,26)21-10-3-2-4-11-21/h5-9,12-13H,2-4,10-11H2,1H3,(H,20,22)(H2,19,23,24). The quantitative estimate of drug-likeness (QED) is 0.698. The number of nitrogens with zero attached hydrogens (tertiary/aromatic N) is 1. The number of carbonyl (C=O) groups excluding carboxylic acids is 1. The van der Waals surface area contributed by atoms with Crippen LogP contribution >= 0.6 is 0 Å². The van der Waals surface area contributed by atoms with Gasteiger partial charge in [-0.3, -0.25) is 4.79 Å². The minimum absolute atomic E-state index is 0.0657. The molecule has 1 fully saturated rings. The van der Waals surface area contributed by atoms with Crippen molar-refractivity contribution in [2.75, 3.05) is 13.1 Å². The van der Waals surface area contributed by atoms with Gasteiger partial charge in [0.15, 0.2) is 5.76 Å². The van der Waals surface area contributed by atoms with E-state index in [1.54, 1.807) is 13.0 Å². The lowest BCUT2D eigenvalue weighted by Gasteiger charge is -2.24. The van der Waals surface area contributed by atoms with Gasteiger partial charge < -0.3 is 9.73 Å². The number of hydrogen-bond donors (Lipinski definition) is 2. The van der Waals surface area contributed by atoms with Gasteiger partial charge in [-0.05, 0) is 49.6 Å². The molecule has 1 aromatic carbocycles. The summed E-state index contributed by atoms with van der Waals surface area (Å²) in [4.78, 5) is 12.4. The Morgan fingerprint density at radius 2 is 1.79 bits per heavy atom. The van der Waals surface area contributed by atoms with Crippen LogP contribution in [-0.4, -0.2) is 40.1 Å². The molecule has 1 unspecified atom stereocenters. The van der Waals surface area contributed by atoms with Gasteiger partial charge in [0.05, 0.1) is 10.9 Å². The lowest BCUT2D eigenvalue weighted by Crippen LogP contribution is -2.35. The monoisotopic (exact) mass is 441 g/mol. The average molecular weight is 442 g/mol. The minimum atomic E-state index is -3.87. The highest BCUT2D eigenvalue weighted by atomic mass is 32.2. The van der Waals surface area contributed by atoms with Crippen LogP contribution in [0.2, 0.25) is 0 Å². The molecule has 0 aliphatic carbocycles. The zero-order valence-corrected chi connectivity index (χ0v) is 17.5. The van der Waals surface area contributed by atoms with E-state index in [4.69, 9.17) is 9.56 Å². The number of nitrogens with two attached hydrogens (primary N) is 1. The molecule has 0 saturated carbocycles. The predicted octanol–water partition coefficient (Wildman–Crippen LogP) is 1.59. The van der Waals surface area contributed by atoms with Gasteiger partial charge in [-0.15, -0.1) is 0 Å². The fourth-order valence-corrected chi connectivity index (χ4v) is 5.12. The van der Waals surface area contributed by atoms with Crippen molar-refractivity contribution < 1.29 is 26.0 Å². The summed E-state index contributed by atoms with van der Waals surface area (Å²) in [7, 11) is -7.64. The van der Waals surface area contributed by atoms with E-state index in [9.17, 15) is 21.6 Å². The first-order chi connectivity index (χ1) is 13.6. The van der Waals surface area contributed by atoms with Crippen LogP contribution in [0.3, 0.4) is 0 Å². The Kier molecular flexibility index (Phi) is 6.13. The second kappa shape index (κ2) is 8.27. The number of piperidine rings is 1. The molecule has 11 heteroatoms. The van der Waals surface area contributed by atoms with E-state index in [1.807, 2.05) is 0 Å². The number of benzene rings is 1. The zero-order chi connectivity index (χ0) is 21.2. The molecule has 3 rings (SSSR count). The van der Waals surface area contributed by atoms with Crippen LogP contribution in [0.1, 0.15) is 48.3 Å². The number of amides is 1. The molecule has 1 atom stereocenters. The van der Waals surface area contributed by atoms with Gasteiger partial charge in [-0.1, -0.05) is 18.6 Å². The van der Waals surface area contributed by atoms with Crippen LogP contribution in [0.25, 0.3) is 0 Å². The molecule has 2 heterocycles. The second-order valence-corrected chi connectivity index (χ2v) is 10.3. The summed E-state index contributed by atoms with van der Waals surface area (Å²) in [6.07, 6.45) is 2.58. The van der Waals surface area contributed by atoms with Crippen molar-refractivity contribution in [1.82, 2.24) is 9.62 Å². The first-order valence-electron chi connectivity index (χ1n) is 9.12. The van der Waals surface area contributed by atoms with Gasteiger partial charge in [0.1, 0.15) is 0 Å². The smallest absolute Gasteiger partial charge is 0.287 e. The maximum absolute atomic E-state index is 12.6. The summed E-state index contributed by atoms with van der Waals surface area (Å²) in [6, 6.07) is 7.91. The Labute approximate surface area is 170 Å². The Bertz CT molecular complexity index is 1100. The third kappa shape index (κ3) is 4.86. The third-order valence-electron chi connectivity index (χ3n) is 4.75. The highest BCUT2D eigenvalue weighted by Gasteiger charge is 2.30. The number of primary sulfonamides is 1. The maximum atomic E-state index is 12.6. The van der Waals surface area contributed by atoms with Gasteiger partial charge in [0.2, 0.25) is 15.1 Å². The average Bonchev–Trinajstić information content (AvgIpc) is 3.19. The summed E-state index contributed by atoms with van der Waals surface area (Å²) in [6.45, 7) is 2.53. The summed E-state index contributed by atoms with van der Waals surface area (Å²) in [5.74, 6) is -0.756. The lowest BCUT2D eigenvalue weighted by atomic mass is 10.1. The number of carbonyl (C=O) groups is 1. The van der Waals surface area contributed by atoms with Gasteiger partial charge >= 0.3 is 0 Å². The topological polar surface area (TPSA) is 140 Å². The zero-order valence-electron chi connectivity index (χ0n) is 15.9. The van der Waals surface area contributed by atoms with Crippen LogP contribution in [-0.2, 0) is 20.0 Å². The van der Waals surface area contributed by atoms with Crippen molar-refractivity contribution >= 4 is 26.0 Å². The van der Waals surface area contributed by atoms with E-state index >= 15 is 0 Å². The predicted molar refractivity (Wildman–Crippen MR) is 105 cm³/mol. The molecule has 158 valence electrons. The number of furan rings is 1. The maximum Gasteiger partial charge on any atom is 0.287 e. The molecule has 0 spiro atoms. The molecule has 1 aliphatic rings. The second-order valence-electron chi connectivity index (χ2n) is 6.90. The molecule has 1 aromatic heterocycles. The fourth-order valence-electron chi connectivity index (χ4n) is 3.13. The molecule has 0 bridgehead atoms. The molecule has 29 heavy (non-hydrogen) atoms. The van der Waals surface area contributed by atoms with Crippen molar-refractivity contribution in [2.24, 2.45) is 5.14 Å². The van der Waals surface area contributed by atoms with E-state index in [-0.39, 0.29) is 15.7 Å². The molecule has 1 aliphatic heterocycles. The van der Waals surface area contributed by atoms with E-state index in [2.05, 4.69) is 5.32 Å². The molecule has 9 nitrogen and oxygen atoms in total. The summed E-state index contributed by atoms with van der Waals surface area (Å²) >= 11 is 0.